The van der Waals surface area contributed by atoms with Crippen molar-refractivity contribution in [3.05, 3.63) is 11.5 Å². The van der Waals surface area contributed by atoms with E-state index in [0.717, 1.165) is 10.6 Å². The van der Waals surface area contributed by atoms with Crippen molar-refractivity contribution in [3.63, 3.8) is 0 Å². The molecule has 0 saturated carbocycles. The first-order valence-corrected chi connectivity index (χ1v) is 5.93. The van der Waals surface area contributed by atoms with Crippen LogP contribution in [0, 0.1) is 0 Å². The topological polar surface area (TPSA) is 111 Å². The van der Waals surface area contributed by atoms with Gasteiger partial charge >= 0.3 is 0 Å². The monoisotopic (exact) mass is 255 g/mol. The molecule has 7 nitrogen and oxygen atoms in total. The average Bonchev–Trinajstić information content (AvgIpc) is 2.95. The fraction of sp³-hybridized carbons (Fsp3) is 0.556. The predicted molar refractivity (Wildman–Crippen MR) is 61.3 cm³/mol. The molecule has 0 aliphatic rings. The molecule has 8 heteroatoms. The summed E-state index contributed by atoms with van der Waals surface area (Å²) in [6, 6.07) is -0.629. The van der Waals surface area contributed by atoms with E-state index in [4.69, 9.17) is 15.4 Å². The van der Waals surface area contributed by atoms with Gasteiger partial charge in [0.25, 0.3) is 5.89 Å². The number of aromatic nitrogens is 4. The van der Waals surface area contributed by atoms with Gasteiger partial charge in [-0.25, -0.2) is 0 Å². The highest BCUT2D eigenvalue weighted by Gasteiger charge is 2.21. The molecule has 0 aliphatic heterocycles. The van der Waals surface area contributed by atoms with Crippen LogP contribution >= 0.6 is 11.5 Å². The van der Waals surface area contributed by atoms with Gasteiger partial charge in [0.1, 0.15) is 4.88 Å². The maximum atomic E-state index is 8.90. The molecule has 0 bridgehead atoms. The highest BCUT2D eigenvalue weighted by atomic mass is 32.1. The zero-order valence-electron chi connectivity index (χ0n) is 9.49. The summed E-state index contributed by atoms with van der Waals surface area (Å²) in [6.07, 6.45) is 0. The summed E-state index contributed by atoms with van der Waals surface area (Å²) in [5.41, 5.74) is 6.42. The summed E-state index contributed by atoms with van der Waals surface area (Å²) in [6.45, 7) is 3.80. The fourth-order valence-corrected chi connectivity index (χ4v) is 2.02. The Morgan fingerprint density at radius 2 is 2.24 bits per heavy atom. The molecule has 2 aromatic rings. The van der Waals surface area contributed by atoms with Crippen molar-refractivity contribution in [2.45, 2.75) is 25.8 Å². The number of nitrogens with two attached hydrogens (primary N) is 1. The molecule has 17 heavy (non-hydrogen) atoms. The number of hydrogen-bond donors (Lipinski definition) is 2. The van der Waals surface area contributed by atoms with Crippen molar-refractivity contribution in [1.29, 1.82) is 0 Å². The van der Waals surface area contributed by atoms with E-state index in [1.54, 1.807) is 0 Å². The third kappa shape index (κ3) is 2.33. The second-order valence-corrected chi connectivity index (χ2v) is 4.64. The normalized spacial score (nSPS) is 13.2. The third-order valence-electron chi connectivity index (χ3n) is 2.22. The molecule has 2 aromatic heterocycles. The van der Waals surface area contributed by atoms with E-state index in [2.05, 4.69) is 19.7 Å². The zero-order valence-corrected chi connectivity index (χ0v) is 10.3. The average molecular weight is 255 g/mol. The first kappa shape index (κ1) is 12.1. The molecule has 0 spiro atoms. The number of aliphatic hydroxyl groups is 1. The van der Waals surface area contributed by atoms with Gasteiger partial charge in [0.2, 0.25) is 0 Å². The maximum Gasteiger partial charge on any atom is 0.271 e. The minimum absolute atomic E-state index is 0.225. The molecule has 1 unspecified atom stereocenters. The van der Waals surface area contributed by atoms with Crippen LogP contribution in [0.1, 0.15) is 37.3 Å². The molecule has 0 fully saturated rings. The highest BCUT2D eigenvalue weighted by molar-refractivity contribution is 7.09. The van der Waals surface area contributed by atoms with E-state index in [1.807, 2.05) is 13.8 Å². The van der Waals surface area contributed by atoms with Crippen LogP contribution in [-0.4, -0.2) is 31.4 Å². The number of hydrogen-bond acceptors (Lipinski definition) is 8. The van der Waals surface area contributed by atoms with Crippen molar-refractivity contribution in [2.24, 2.45) is 5.73 Å². The first-order valence-electron chi connectivity index (χ1n) is 5.16. The van der Waals surface area contributed by atoms with Crippen LogP contribution in [0.25, 0.3) is 10.8 Å². The quantitative estimate of drug-likeness (QED) is 0.827. The van der Waals surface area contributed by atoms with Crippen LogP contribution in [0.15, 0.2) is 4.52 Å². The number of nitrogens with zero attached hydrogens (tertiary/aromatic N) is 4. The van der Waals surface area contributed by atoms with E-state index in [0.29, 0.717) is 5.89 Å². The molecule has 0 aromatic carbocycles. The summed E-state index contributed by atoms with van der Waals surface area (Å²) in [5, 5.41) is 16.7. The second-order valence-electron chi connectivity index (χ2n) is 3.89. The van der Waals surface area contributed by atoms with E-state index < -0.39 is 6.04 Å². The number of aliphatic hydroxyl groups excluding tert-OH is 1. The number of rotatable bonds is 4. The Kier molecular flexibility index (Phi) is 3.46. The van der Waals surface area contributed by atoms with Crippen molar-refractivity contribution >= 4 is 11.5 Å². The van der Waals surface area contributed by atoms with Crippen LogP contribution in [0.3, 0.4) is 0 Å². The van der Waals surface area contributed by atoms with Crippen LogP contribution < -0.4 is 5.73 Å². The summed E-state index contributed by atoms with van der Waals surface area (Å²) < 4.78 is 8.98. The lowest BCUT2D eigenvalue weighted by atomic mass is 10.1. The van der Waals surface area contributed by atoms with Gasteiger partial charge in [0.15, 0.2) is 5.82 Å². The van der Waals surface area contributed by atoms with Gasteiger partial charge in [0.05, 0.1) is 18.3 Å². The van der Waals surface area contributed by atoms with Crippen molar-refractivity contribution in [3.8, 4) is 10.8 Å². The summed E-state index contributed by atoms with van der Waals surface area (Å²) in [7, 11) is 0. The van der Waals surface area contributed by atoms with Gasteiger partial charge in [-0.2, -0.15) is 4.98 Å². The molecule has 0 aliphatic carbocycles. The van der Waals surface area contributed by atoms with Crippen molar-refractivity contribution in [1.82, 2.24) is 19.7 Å². The van der Waals surface area contributed by atoms with E-state index in [9.17, 15) is 0 Å². The molecule has 0 radical (unpaired) electrons. The summed E-state index contributed by atoms with van der Waals surface area (Å²) in [4.78, 5) is 4.89. The Morgan fingerprint density at radius 1 is 1.47 bits per heavy atom. The molecule has 92 valence electrons. The van der Waals surface area contributed by atoms with Crippen molar-refractivity contribution in [2.75, 3.05) is 6.61 Å². The third-order valence-corrected chi connectivity index (χ3v) is 2.95. The SMILES string of the molecule is CC(C)c1nnsc1-c1nc(C(N)CO)no1. The maximum absolute atomic E-state index is 8.90. The first-order chi connectivity index (χ1) is 8.13. The summed E-state index contributed by atoms with van der Waals surface area (Å²) >= 11 is 1.20. The Labute approximate surface area is 102 Å². The van der Waals surface area contributed by atoms with Gasteiger partial charge in [-0.15, -0.1) is 5.10 Å². The lowest BCUT2D eigenvalue weighted by Crippen LogP contribution is -2.15. The van der Waals surface area contributed by atoms with Gasteiger partial charge in [-0.05, 0) is 17.5 Å². The minimum Gasteiger partial charge on any atom is -0.394 e. The standard InChI is InChI=1S/C9H13N5O2S/c1-4(2)6-7(17-14-12-6)9-11-8(13-16-9)5(10)3-15/h4-5,15H,3,10H2,1-2H3. The smallest absolute Gasteiger partial charge is 0.271 e. The van der Waals surface area contributed by atoms with Gasteiger partial charge in [-0.3, -0.25) is 0 Å². The lowest BCUT2D eigenvalue weighted by Gasteiger charge is -2.00. The van der Waals surface area contributed by atoms with Gasteiger partial charge in [0, 0.05) is 0 Å². The van der Waals surface area contributed by atoms with Gasteiger partial charge < -0.3 is 15.4 Å². The van der Waals surface area contributed by atoms with Crippen LogP contribution in [0.2, 0.25) is 0 Å². The second kappa shape index (κ2) is 4.86. The largest absolute Gasteiger partial charge is 0.394 e. The Balaban J connectivity index is 2.34. The lowest BCUT2D eigenvalue weighted by molar-refractivity contribution is 0.260. The Bertz CT molecular complexity index is 495. The van der Waals surface area contributed by atoms with E-state index in [-0.39, 0.29) is 18.3 Å². The molecule has 0 amide bonds. The molecule has 2 rings (SSSR count). The fourth-order valence-electron chi connectivity index (χ4n) is 1.28. The molecular weight excluding hydrogens is 242 g/mol. The highest BCUT2D eigenvalue weighted by Crippen LogP contribution is 2.29. The van der Waals surface area contributed by atoms with Crippen LogP contribution in [0.5, 0.6) is 0 Å². The van der Waals surface area contributed by atoms with Crippen molar-refractivity contribution < 1.29 is 9.63 Å². The zero-order chi connectivity index (χ0) is 12.4. The molecule has 1 atom stereocenters. The molecule has 0 saturated heterocycles. The van der Waals surface area contributed by atoms with E-state index >= 15 is 0 Å². The Morgan fingerprint density at radius 3 is 2.88 bits per heavy atom. The summed E-state index contributed by atoms with van der Waals surface area (Å²) in [5.74, 6) is 0.860. The molecule has 2 heterocycles. The van der Waals surface area contributed by atoms with Crippen LogP contribution in [-0.2, 0) is 0 Å². The van der Waals surface area contributed by atoms with Gasteiger partial charge in [-0.1, -0.05) is 23.5 Å². The van der Waals surface area contributed by atoms with Crippen LogP contribution in [0.4, 0.5) is 0 Å². The molecule has 3 N–H and O–H groups in total. The van der Waals surface area contributed by atoms with E-state index in [1.165, 1.54) is 11.5 Å². The predicted octanol–water partition coefficient (Wildman–Crippen LogP) is 0.704. The minimum atomic E-state index is -0.629. The molecular formula is C9H13N5O2S. The Hall–Kier alpha value is -1.38.